The number of hydrogen-bond acceptors (Lipinski definition) is 2. The lowest BCUT2D eigenvalue weighted by atomic mass is 10.0. The second-order valence-corrected chi connectivity index (χ2v) is 3.68. The molecule has 0 saturated heterocycles. The molecule has 2 nitrogen and oxygen atoms in total. The molecular weight excluding hydrogens is 238 g/mol. The molecule has 0 aliphatic heterocycles. The van der Waals surface area contributed by atoms with E-state index in [1.165, 1.54) is 19.2 Å². The first-order valence-corrected chi connectivity index (χ1v) is 5.38. The molecule has 0 bridgehead atoms. The summed E-state index contributed by atoms with van der Waals surface area (Å²) in [5.74, 6) is -1.09. The minimum Gasteiger partial charge on any atom is -0.468 e. The highest BCUT2D eigenvalue weighted by Gasteiger charge is 2.09. The fraction of sp³-hybridized carbons (Fsp3) is 0.143. The average Bonchev–Trinajstić information content (AvgIpc) is 2.40. The molecule has 0 spiro atoms. The van der Waals surface area contributed by atoms with E-state index in [2.05, 4.69) is 0 Å². The molecule has 0 amide bonds. The summed E-state index contributed by atoms with van der Waals surface area (Å²) in [5.41, 5.74) is 0.824. The Morgan fingerprint density at radius 1 is 1.00 bits per heavy atom. The van der Waals surface area contributed by atoms with Gasteiger partial charge in [0.1, 0.15) is 5.75 Å². The van der Waals surface area contributed by atoms with Crippen LogP contribution in [0.25, 0.3) is 11.1 Å². The lowest BCUT2D eigenvalue weighted by Gasteiger charge is -2.07. The van der Waals surface area contributed by atoms with Crippen LogP contribution in [-0.4, -0.2) is 13.9 Å². The van der Waals surface area contributed by atoms with Crippen LogP contribution in [0.4, 0.5) is 8.78 Å². The Balaban J connectivity index is 2.26. The summed E-state index contributed by atoms with van der Waals surface area (Å²) in [7, 11) is 1.52. The van der Waals surface area contributed by atoms with Gasteiger partial charge in [-0.1, -0.05) is 24.3 Å². The average molecular weight is 250 g/mol. The van der Waals surface area contributed by atoms with Gasteiger partial charge in [-0.15, -0.1) is 0 Å². The molecule has 18 heavy (non-hydrogen) atoms. The summed E-state index contributed by atoms with van der Waals surface area (Å²) < 4.78 is 36.6. The zero-order valence-electron chi connectivity index (χ0n) is 9.82. The molecule has 0 aliphatic rings. The Hall–Kier alpha value is -1.94. The maximum atomic E-state index is 13.6. The first-order chi connectivity index (χ1) is 8.72. The van der Waals surface area contributed by atoms with Gasteiger partial charge in [0.15, 0.2) is 18.4 Å². The van der Waals surface area contributed by atoms with Gasteiger partial charge in [0, 0.05) is 12.7 Å². The largest absolute Gasteiger partial charge is 0.468 e. The Labute approximate surface area is 104 Å². The van der Waals surface area contributed by atoms with Crippen LogP contribution in [0.5, 0.6) is 5.75 Å². The second kappa shape index (κ2) is 5.60. The lowest BCUT2D eigenvalue weighted by molar-refractivity contribution is 0.0511. The van der Waals surface area contributed by atoms with Crippen molar-refractivity contribution in [3.05, 3.63) is 54.1 Å². The van der Waals surface area contributed by atoms with Crippen molar-refractivity contribution in [2.24, 2.45) is 0 Å². The number of hydrogen-bond donors (Lipinski definition) is 0. The van der Waals surface area contributed by atoms with Crippen molar-refractivity contribution in [1.29, 1.82) is 0 Å². The van der Waals surface area contributed by atoms with Crippen LogP contribution in [0.15, 0.2) is 42.5 Å². The third kappa shape index (κ3) is 2.65. The molecule has 0 radical (unpaired) electrons. The van der Waals surface area contributed by atoms with Crippen molar-refractivity contribution in [2.45, 2.75) is 0 Å². The van der Waals surface area contributed by atoms with Crippen LogP contribution in [0.2, 0.25) is 0 Å². The summed E-state index contributed by atoms with van der Waals surface area (Å²) in [6.45, 7) is 0.147. The number of methoxy groups -OCH3 is 1. The van der Waals surface area contributed by atoms with Gasteiger partial charge in [0.05, 0.1) is 0 Å². The molecule has 4 heteroatoms. The quantitative estimate of drug-likeness (QED) is 0.772. The molecule has 0 atom stereocenters. The Morgan fingerprint density at radius 2 is 1.72 bits per heavy atom. The van der Waals surface area contributed by atoms with Gasteiger partial charge in [-0.3, -0.25) is 0 Å². The summed E-state index contributed by atoms with van der Waals surface area (Å²) in [6.07, 6.45) is 0. The fourth-order valence-electron chi connectivity index (χ4n) is 1.58. The highest BCUT2D eigenvalue weighted by molar-refractivity contribution is 5.64. The van der Waals surface area contributed by atoms with Crippen molar-refractivity contribution in [3.63, 3.8) is 0 Å². The second-order valence-electron chi connectivity index (χ2n) is 3.68. The van der Waals surface area contributed by atoms with Gasteiger partial charge in [-0.2, -0.15) is 0 Å². The van der Waals surface area contributed by atoms with Crippen LogP contribution >= 0.6 is 0 Å². The third-order valence-corrected chi connectivity index (χ3v) is 2.46. The van der Waals surface area contributed by atoms with Crippen molar-refractivity contribution in [3.8, 4) is 16.9 Å². The van der Waals surface area contributed by atoms with E-state index in [-0.39, 0.29) is 12.4 Å². The van der Waals surface area contributed by atoms with E-state index in [4.69, 9.17) is 9.47 Å². The smallest absolute Gasteiger partial charge is 0.188 e. The van der Waals surface area contributed by atoms with Gasteiger partial charge in [0.2, 0.25) is 0 Å². The number of benzene rings is 2. The van der Waals surface area contributed by atoms with E-state index in [0.29, 0.717) is 11.3 Å². The summed E-state index contributed by atoms with van der Waals surface area (Å²) in [6, 6.07) is 10.8. The van der Waals surface area contributed by atoms with Crippen LogP contribution in [-0.2, 0) is 4.74 Å². The van der Waals surface area contributed by atoms with Gasteiger partial charge in [0.25, 0.3) is 0 Å². The van der Waals surface area contributed by atoms with E-state index in [9.17, 15) is 8.78 Å². The standard InChI is InChI=1S/C14H12F2O2/c1-17-9-18-11-7-5-10(6-8-11)12-3-2-4-13(15)14(12)16/h2-8H,9H2,1H3. The Bertz CT molecular complexity index is 524. The van der Waals surface area contributed by atoms with E-state index in [0.717, 1.165) is 6.07 Å². The maximum Gasteiger partial charge on any atom is 0.188 e. The molecule has 0 aromatic heterocycles. The van der Waals surface area contributed by atoms with Gasteiger partial charge in [-0.25, -0.2) is 8.78 Å². The number of ether oxygens (including phenoxy) is 2. The normalized spacial score (nSPS) is 10.4. The van der Waals surface area contributed by atoms with Crippen LogP contribution in [0.1, 0.15) is 0 Å². The van der Waals surface area contributed by atoms with Gasteiger partial charge >= 0.3 is 0 Å². The highest BCUT2D eigenvalue weighted by Crippen LogP contribution is 2.26. The van der Waals surface area contributed by atoms with Crippen LogP contribution in [0.3, 0.4) is 0 Å². The predicted octanol–water partition coefficient (Wildman–Crippen LogP) is 3.61. The first kappa shape index (κ1) is 12.5. The summed E-state index contributed by atoms with van der Waals surface area (Å²) in [4.78, 5) is 0. The molecule has 94 valence electrons. The van der Waals surface area contributed by atoms with E-state index in [1.807, 2.05) is 0 Å². The minimum atomic E-state index is -0.854. The van der Waals surface area contributed by atoms with E-state index < -0.39 is 11.6 Å². The highest BCUT2D eigenvalue weighted by atomic mass is 19.2. The first-order valence-electron chi connectivity index (χ1n) is 5.38. The lowest BCUT2D eigenvalue weighted by Crippen LogP contribution is -1.98. The van der Waals surface area contributed by atoms with Crippen LogP contribution < -0.4 is 4.74 Å². The third-order valence-electron chi connectivity index (χ3n) is 2.46. The molecule has 2 aromatic rings. The molecule has 0 fully saturated rings. The van der Waals surface area contributed by atoms with Crippen LogP contribution in [0, 0.1) is 11.6 Å². The molecule has 2 aromatic carbocycles. The van der Waals surface area contributed by atoms with E-state index >= 15 is 0 Å². The molecule has 0 unspecified atom stereocenters. The summed E-state index contributed by atoms with van der Waals surface area (Å²) in [5, 5.41) is 0. The molecule has 2 rings (SSSR count). The Kier molecular flexibility index (Phi) is 3.89. The van der Waals surface area contributed by atoms with E-state index in [1.54, 1.807) is 24.3 Å². The predicted molar refractivity (Wildman–Crippen MR) is 64.3 cm³/mol. The molecular formula is C14H12F2O2. The zero-order chi connectivity index (χ0) is 13.0. The minimum absolute atomic E-state index is 0.147. The van der Waals surface area contributed by atoms with Crippen molar-refractivity contribution < 1.29 is 18.3 Å². The maximum absolute atomic E-state index is 13.6. The monoisotopic (exact) mass is 250 g/mol. The van der Waals surface area contributed by atoms with Crippen molar-refractivity contribution >= 4 is 0 Å². The molecule has 0 aliphatic carbocycles. The van der Waals surface area contributed by atoms with Gasteiger partial charge in [-0.05, 0) is 23.8 Å². The number of rotatable bonds is 4. The molecule has 0 heterocycles. The zero-order valence-corrected chi connectivity index (χ0v) is 9.82. The molecule has 0 saturated carbocycles. The van der Waals surface area contributed by atoms with Crippen molar-refractivity contribution in [1.82, 2.24) is 0 Å². The Morgan fingerprint density at radius 3 is 2.39 bits per heavy atom. The summed E-state index contributed by atoms with van der Waals surface area (Å²) >= 11 is 0. The van der Waals surface area contributed by atoms with Gasteiger partial charge < -0.3 is 9.47 Å². The topological polar surface area (TPSA) is 18.5 Å². The van der Waals surface area contributed by atoms with Crippen molar-refractivity contribution in [2.75, 3.05) is 13.9 Å². The number of halogens is 2. The fourth-order valence-corrected chi connectivity index (χ4v) is 1.58. The SMILES string of the molecule is COCOc1ccc(-c2cccc(F)c2F)cc1. The molecule has 0 N–H and O–H groups in total.